The number of thiocarbonyl (C=S) groups is 1. The maximum atomic E-state index is 13.5. The number of aryl methyl sites for hydroxylation is 1. The van der Waals surface area contributed by atoms with Crippen molar-refractivity contribution in [2.24, 2.45) is 5.92 Å². The van der Waals surface area contributed by atoms with Gasteiger partial charge < -0.3 is 4.90 Å². The Hall–Kier alpha value is -2.97. The minimum Gasteiger partial charge on any atom is -0.356 e. The second kappa shape index (κ2) is 9.35. The van der Waals surface area contributed by atoms with Gasteiger partial charge in [-0.2, -0.15) is 0 Å². The zero-order valence-electron chi connectivity index (χ0n) is 19.2. The zero-order chi connectivity index (χ0) is 23.8. The SMILES string of the molecule is Cc1ccc(CN2C(=O)C(=Cc3c(N4CCCC(C)C4)nc4ccccn4c3=O)SC2=S)cc1. The largest absolute Gasteiger partial charge is 0.356 e. The number of fused-ring (bicyclic) bond motifs is 1. The molecular formula is C26H26N4O2S2. The Bertz CT molecular complexity index is 1360. The van der Waals surface area contributed by atoms with Gasteiger partial charge in [0.05, 0.1) is 17.0 Å². The van der Waals surface area contributed by atoms with E-state index in [0.717, 1.165) is 37.1 Å². The smallest absolute Gasteiger partial charge is 0.267 e. The van der Waals surface area contributed by atoms with Crippen LogP contribution in [0.1, 0.15) is 36.5 Å². The summed E-state index contributed by atoms with van der Waals surface area (Å²) in [5.74, 6) is 0.989. The van der Waals surface area contributed by atoms with Crippen molar-refractivity contribution in [2.75, 3.05) is 18.0 Å². The molecule has 0 radical (unpaired) electrons. The molecule has 1 aromatic carbocycles. The van der Waals surface area contributed by atoms with E-state index < -0.39 is 0 Å². The molecule has 1 amide bonds. The predicted molar refractivity (Wildman–Crippen MR) is 142 cm³/mol. The molecule has 3 aromatic rings. The van der Waals surface area contributed by atoms with Crippen LogP contribution in [-0.2, 0) is 11.3 Å². The van der Waals surface area contributed by atoms with E-state index in [2.05, 4.69) is 11.8 Å². The number of benzene rings is 1. The summed E-state index contributed by atoms with van der Waals surface area (Å²) in [5.41, 5.74) is 3.04. The van der Waals surface area contributed by atoms with E-state index in [9.17, 15) is 9.59 Å². The number of aromatic nitrogens is 2. The fourth-order valence-electron chi connectivity index (χ4n) is 4.48. The number of rotatable bonds is 4. The maximum Gasteiger partial charge on any atom is 0.267 e. The first kappa shape index (κ1) is 22.8. The number of piperidine rings is 1. The topological polar surface area (TPSA) is 57.9 Å². The lowest BCUT2D eigenvalue weighted by molar-refractivity contribution is -0.122. The van der Waals surface area contributed by atoms with Gasteiger partial charge in [0.25, 0.3) is 11.5 Å². The van der Waals surface area contributed by atoms with Crippen molar-refractivity contribution in [1.29, 1.82) is 0 Å². The van der Waals surface area contributed by atoms with Crippen LogP contribution in [0, 0.1) is 12.8 Å². The van der Waals surface area contributed by atoms with E-state index in [4.69, 9.17) is 17.2 Å². The van der Waals surface area contributed by atoms with Crippen LogP contribution in [-0.4, -0.2) is 37.6 Å². The Morgan fingerprint density at radius 2 is 1.97 bits per heavy atom. The van der Waals surface area contributed by atoms with E-state index in [1.54, 1.807) is 17.2 Å². The van der Waals surface area contributed by atoms with E-state index in [0.29, 0.717) is 38.7 Å². The van der Waals surface area contributed by atoms with Crippen LogP contribution in [0.4, 0.5) is 5.82 Å². The first-order valence-corrected chi connectivity index (χ1v) is 12.7. The lowest BCUT2D eigenvalue weighted by Crippen LogP contribution is -2.37. The monoisotopic (exact) mass is 490 g/mol. The molecule has 2 saturated heterocycles. The molecule has 2 fully saturated rings. The molecule has 0 N–H and O–H groups in total. The molecule has 1 atom stereocenters. The third-order valence-electron chi connectivity index (χ3n) is 6.32. The highest BCUT2D eigenvalue weighted by molar-refractivity contribution is 8.26. The third-order valence-corrected chi connectivity index (χ3v) is 7.69. The molecule has 0 saturated carbocycles. The molecule has 34 heavy (non-hydrogen) atoms. The van der Waals surface area contributed by atoms with E-state index in [1.807, 2.05) is 49.4 Å². The van der Waals surface area contributed by atoms with Gasteiger partial charge in [-0.1, -0.05) is 66.8 Å². The molecule has 6 nitrogen and oxygen atoms in total. The predicted octanol–water partition coefficient (Wildman–Crippen LogP) is 4.64. The molecule has 2 aliphatic heterocycles. The number of anilines is 1. The highest BCUT2D eigenvalue weighted by Crippen LogP contribution is 2.35. The number of amides is 1. The van der Waals surface area contributed by atoms with Gasteiger partial charge in [-0.25, -0.2) is 4.98 Å². The quantitative estimate of drug-likeness (QED) is 0.392. The summed E-state index contributed by atoms with van der Waals surface area (Å²) in [5, 5.41) is 0. The molecule has 2 aromatic heterocycles. The summed E-state index contributed by atoms with van der Waals surface area (Å²) in [4.78, 5) is 35.9. The molecule has 4 heterocycles. The summed E-state index contributed by atoms with van der Waals surface area (Å²) < 4.78 is 2.04. The van der Waals surface area contributed by atoms with Crippen LogP contribution in [0.15, 0.2) is 58.4 Å². The van der Waals surface area contributed by atoms with Crippen molar-refractivity contribution in [1.82, 2.24) is 14.3 Å². The molecule has 2 aliphatic rings. The van der Waals surface area contributed by atoms with Gasteiger partial charge in [0.1, 0.15) is 15.8 Å². The van der Waals surface area contributed by atoms with Crippen molar-refractivity contribution in [3.8, 4) is 0 Å². The standard InChI is InChI=1S/C26H26N4O2S2/c1-17-8-10-19(11-9-17)16-30-25(32)21(34-26(30)33)14-20-23(28-12-5-6-18(2)15-28)27-22-7-3-4-13-29(22)24(20)31/h3-4,7-11,13-14,18H,5-6,12,15-16H2,1-2H3. The number of carbonyl (C=O) groups is 1. The lowest BCUT2D eigenvalue weighted by Gasteiger charge is -2.32. The Balaban J connectivity index is 1.55. The Labute approximate surface area is 208 Å². The van der Waals surface area contributed by atoms with E-state index in [1.165, 1.54) is 16.2 Å². The van der Waals surface area contributed by atoms with Gasteiger partial charge in [-0.3, -0.25) is 18.9 Å². The molecular weight excluding hydrogens is 464 g/mol. The van der Waals surface area contributed by atoms with Gasteiger partial charge >= 0.3 is 0 Å². The summed E-state index contributed by atoms with van der Waals surface area (Å²) in [6.45, 7) is 6.34. The normalized spacial score (nSPS) is 20.1. The molecule has 0 aliphatic carbocycles. The summed E-state index contributed by atoms with van der Waals surface area (Å²) >= 11 is 6.78. The zero-order valence-corrected chi connectivity index (χ0v) is 20.9. The van der Waals surface area contributed by atoms with Gasteiger partial charge in [0, 0.05) is 19.3 Å². The number of nitrogens with zero attached hydrogens (tertiary/aromatic N) is 4. The first-order valence-electron chi connectivity index (χ1n) is 11.5. The molecule has 5 rings (SSSR count). The van der Waals surface area contributed by atoms with Gasteiger partial charge in [0.2, 0.25) is 0 Å². The number of hydrogen-bond donors (Lipinski definition) is 0. The summed E-state index contributed by atoms with van der Waals surface area (Å²) in [6.07, 6.45) is 5.62. The number of pyridine rings is 1. The Kier molecular flexibility index (Phi) is 6.27. The van der Waals surface area contributed by atoms with Crippen molar-refractivity contribution in [3.05, 3.63) is 80.6 Å². The van der Waals surface area contributed by atoms with E-state index in [-0.39, 0.29) is 11.5 Å². The number of hydrogen-bond acceptors (Lipinski definition) is 6. The lowest BCUT2D eigenvalue weighted by atomic mass is 10.00. The minimum atomic E-state index is -0.178. The molecule has 0 bridgehead atoms. The second-order valence-corrected chi connectivity index (χ2v) is 10.7. The van der Waals surface area contributed by atoms with Crippen molar-refractivity contribution < 1.29 is 4.79 Å². The average Bonchev–Trinajstić information content (AvgIpc) is 3.09. The van der Waals surface area contributed by atoms with Crippen LogP contribution in [0.3, 0.4) is 0 Å². The van der Waals surface area contributed by atoms with Crippen LogP contribution in [0.25, 0.3) is 11.7 Å². The molecule has 174 valence electrons. The summed E-state index contributed by atoms with van der Waals surface area (Å²) in [7, 11) is 0. The molecule has 8 heteroatoms. The minimum absolute atomic E-state index is 0.175. The Morgan fingerprint density at radius 3 is 2.74 bits per heavy atom. The van der Waals surface area contributed by atoms with Crippen molar-refractivity contribution in [3.63, 3.8) is 0 Å². The van der Waals surface area contributed by atoms with Crippen LogP contribution < -0.4 is 10.5 Å². The maximum absolute atomic E-state index is 13.5. The number of carbonyl (C=O) groups excluding carboxylic acids is 1. The van der Waals surface area contributed by atoms with Crippen LogP contribution in [0.2, 0.25) is 0 Å². The fraction of sp³-hybridized carbons (Fsp3) is 0.308. The second-order valence-electron chi connectivity index (χ2n) is 9.03. The molecule has 1 unspecified atom stereocenters. The average molecular weight is 491 g/mol. The first-order chi connectivity index (χ1) is 16.4. The highest BCUT2D eigenvalue weighted by atomic mass is 32.2. The number of thioether (sulfide) groups is 1. The molecule has 0 spiro atoms. The van der Waals surface area contributed by atoms with Gasteiger partial charge in [0.15, 0.2) is 0 Å². The van der Waals surface area contributed by atoms with Gasteiger partial charge in [-0.05, 0) is 49.5 Å². The fourth-order valence-corrected chi connectivity index (χ4v) is 5.72. The van der Waals surface area contributed by atoms with Gasteiger partial charge in [-0.15, -0.1) is 0 Å². The van der Waals surface area contributed by atoms with Crippen molar-refractivity contribution in [2.45, 2.75) is 33.2 Å². The van der Waals surface area contributed by atoms with Crippen LogP contribution >= 0.6 is 24.0 Å². The summed E-state index contributed by atoms with van der Waals surface area (Å²) in [6, 6.07) is 13.6. The highest BCUT2D eigenvalue weighted by Gasteiger charge is 2.33. The third kappa shape index (κ3) is 4.40. The van der Waals surface area contributed by atoms with Crippen LogP contribution in [0.5, 0.6) is 0 Å². The van der Waals surface area contributed by atoms with E-state index >= 15 is 0 Å². The van der Waals surface area contributed by atoms with Crippen molar-refractivity contribution >= 4 is 51.7 Å². The Morgan fingerprint density at radius 1 is 1.18 bits per heavy atom.